The summed E-state index contributed by atoms with van der Waals surface area (Å²) in [5.74, 6) is 3.44. The summed E-state index contributed by atoms with van der Waals surface area (Å²) in [4.78, 5) is 34.1. The van der Waals surface area contributed by atoms with Gasteiger partial charge in [-0.25, -0.2) is 10.8 Å². The lowest BCUT2D eigenvalue weighted by molar-refractivity contribution is -0.128. The first-order valence-electron chi connectivity index (χ1n) is 9.18. The van der Waals surface area contributed by atoms with E-state index in [2.05, 4.69) is 10.4 Å². The van der Waals surface area contributed by atoms with Crippen LogP contribution in [0.4, 0.5) is 16.5 Å². The molecule has 0 atom stereocenters. The zero-order chi connectivity index (χ0) is 21.4. The lowest BCUT2D eigenvalue weighted by Gasteiger charge is -2.39. The molecular weight excluding hydrogens is 418 g/mol. The number of amides is 2. The van der Waals surface area contributed by atoms with Crippen LogP contribution >= 0.6 is 23.6 Å². The monoisotopic (exact) mass is 437 g/mol. The summed E-state index contributed by atoms with van der Waals surface area (Å²) >= 11 is 6.87. The molecule has 0 aliphatic carbocycles. The minimum atomic E-state index is -1.13. The van der Waals surface area contributed by atoms with E-state index < -0.39 is 17.7 Å². The Morgan fingerprint density at radius 1 is 1.00 bits per heavy atom. The zero-order valence-corrected chi connectivity index (χ0v) is 18.0. The van der Waals surface area contributed by atoms with Crippen molar-refractivity contribution in [2.75, 3.05) is 15.2 Å². The Bertz CT molecular complexity index is 1090. The quantitative estimate of drug-likeness (QED) is 0.281. The minimum absolute atomic E-state index is 0.116. The summed E-state index contributed by atoms with van der Waals surface area (Å²) in [5.41, 5.74) is 5.95. The number of nitrogens with zero attached hydrogens (tertiary/aromatic N) is 3. The number of anilines is 3. The van der Waals surface area contributed by atoms with Gasteiger partial charge < -0.3 is 0 Å². The molecule has 0 unspecified atom stereocenters. The molecule has 3 aromatic rings. The highest BCUT2D eigenvalue weighted by Gasteiger charge is 2.47. The Hall–Kier alpha value is -3.14. The first-order chi connectivity index (χ1) is 14.4. The summed E-state index contributed by atoms with van der Waals surface area (Å²) in [6.45, 7) is 3.86. The molecule has 1 aliphatic rings. The number of rotatable bonds is 4. The molecule has 152 valence electrons. The Morgan fingerprint density at radius 2 is 1.53 bits per heavy atom. The second kappa shape index (κ2) is 7.94. The van der Waals surface area contributed by atoms with Gasteiger partial charge in [-0.3, -0.25) is 24.8 Å². The Kier molecular flexibility index (Phi) is 5.33. The topological polar surface area (TPSA) is 91.6 Å². The maximum Gasteiger partial charge on any atom is 0.252 e. The average Bonchev–Trinajstić information content (AvgIpc) is 3.17. The van der Waals surface area contributed by atoms with Crippen molar-refractivity contribution in [2.45, 2.75) is 19.8 Å². The van der Waals surface area contributed by atoms with Crippen molar-refractivity contribution in [3.63, 3.8) is 0 Å². The molecule has 0 saturated carbocycles. The molecule has 0 radical (unpaired) electrons. The summed E-state index contributed by atoms with van der Waals surface area (Å²) in [6.07, 6.45) is 0. The van der Waals surface area contributed by atoms with Crippen molar-refractivity contribution < 1.29 is 9.59 Å². The van der Waals surface area contributed by atoms with Gasteiger partial charge in [-0.05, 0) is 61.5 Å². The number of benzene rings is 2. The van der Waals surface area contributed by atoms with E-state index in [0.29, 0.717) is 22.2 Å². The number of aromatic nitrogens is 1. The maximum atomic E-state index is 13.5. The highest BCUT2D eigenvalue weighted by atomic mass is 32.1. The highest BCUT2D eigenvalue weighted by Crippen LogP contribution is 2.35. The van der Waals surface area contributed by atoms with Gasteiger partial charge in [0.2, 0.25) is 0 Å². The van der Waals surface area contributed by atoms with Crippen molar-refractivity contribution in [2.24, 2.45) is 5.84 Å². The van der Waals surface area contributed by atoms with Crippen LogP contribution in [0, 0.1) is 13.8 Å². The fourth-order valence-electron chi connectivity index (χ4n) is 3.40. The van der Waals surface area contributed by atoms with Gasteiger partial charge in [-0.2, -0.15) is 0 Å². The number of aryl methyl sites for hydroxylation is 2. The molecule has 1 aromatic heterocycles. The molecule has 30 heavy (non-hydrogen) atoms. The van der Waals surface area contributed by atoms with Crippen molar-refractivity contribution in [3.05, 3.63) is 70.7 Å². The number of thiazole rings is 1. The first kappa shape index (κ1) is 20.1. The number of nitrogen functional groups attached to an aromatic ring is 1. The van der Waals surface area contributed by atoms with E-state index in [9.17, 15) is 9.59 Å². The first-order valence-corrected chi connectivity index (χ1v) is 10.5. The van der Waals surface area contributed by atoms with E-state index in [1.165, 1.54) is 21.1 Å². The van der Waals surface area contributed by atoms with Crippen LogP contribution in [0.15, 0.2) is 53.9 Å². The highest BCUT2D eigenvalue weighted by molar-refractivity contribution is 7.81. The van der Waals surface area contributed by atoms with E-state index in [0.717, 1.165) is 11.1 Å². The number of nitrogens with one attached hydrogen (secondary N) is 1. The number of carbonyl (C=O) groups is 2. The van der Waals surface area contributed by atoms with Gasteiger partial charge in [0.1, 0.15) is 0 Å². The molecule has 7 nitrogen and oxygen atoms in total. The smallest absolute Gasteiger partial charge is 0.252 e. The standard InChI is InChI=1S/C21H19N5O2S2/c1-12-5-3-7-14(9-12)25-18(27)17(16-11-30-20(23-16)24-22)19(28)26(21(25)29)15-8-4-6-13(2)10-15/h3-11,17H,22H2,1-2H3,(H,23,24). The summed E-state index contributed by atoms with van der Waals surface area (Å²) in [6, 6.07) is 14.9. The minimum Gasteiger partial charge on any atom is -0.300 e. The average molecular weight is 438 g/mol. The number of hydrogen-bond donors (Lipinski definition) is 2. The third kappa shape index (κ3) is 3.47. The lowest BCUT2D eigenvalue weighted by atomic mass is 9.99. The maximum absolute atomic E-state index is 13.5. The van der Waals surface area contributed by atoms with Crippen LogP contribution in [0.3, 0.4) is 0 Å². The number of hydrazine groups is 1. The van der Waals surface area contributed by atoms with Crippen molar-refractivity contribution in [3.8, 4) is 0 Å². The number of nitrogens with two attached hydrogens (primary N) is 1. The molecule has 2 heterocycles. The second-order valence-corrected chi connectivity index (χ2v) is 8.19. The third-order valence-corrected chi connectivity index (χ3v) is 5.94. The molecule has 2 amide bonds. The van der Waals surface area contributed by atoms with Gasteiger partial charge in [-0.15, -0.1) is 11.3 Å². The molecule has 0 spiro atoms. The van der Waals surface area contributed by atoms with Crippen LogP contribution in [0.1, 0.15) is 22.7 Å². The van der Waals surface area contributed by atoms with E-state index in [1.54, 1.807) is 17.5 Å². The van der Waals surface area contributed by atoms with Crippen LogP contribution < -0.4 is 21.1 Å². The molecule has 2 aromatic carbocycles. The predicted molar refractivity (Wildman–Crippen MR) is 123 cm³/mol. The van der Waals surface area contributed by atoms with Crippen molar-refractivity contribution in [1.82, 2.24) is 4.98 Å². The van der Waals surface area contributed by atoms with Gasteiger partial charge in [-0.1, -0.05) is 24.3 Å². The van der Waals surface area contributed by atoms with E-state index in [4.69, 9.17) is 18.1 Å². The Labute approximate surface area is 183 Å². The van der Waals surface area contributed by atoms with Gasteiger partial charge >= 0.3 is 0 Å². The van der Waals surface area contributed by atoms with E-state index >= 15 is 0 Å². The third-order valence-electron chi connectivity index (χ3n) is 4.78. The Balaban J connectivity index is 1.87. The van der Waals surface area contributed by atoms with Crippen LogP contribution in [0.5, 0.6) is 0 Å². The van der Waals surface area contributed by atoms with Crippen LogP contribution in [0.25, 0.3) is 0 Å². The van der Waals surface area contributed by atoms with Crippen molar-refractivity contribution >= 4 is 57.0 Å². The van der Waals surface area contributed by atoms with E-state index in [1.807, 2.05) is 50.2 Å². The normalized spacial score (nSPS) is 15.1. The molecule has 1 aliphatic heterocycles. The second-order valence-electron chi connectivity index (χ2n) is 6.96. The molecular formula is C21H19N5O2S2. The molecule has 0 bridgehead atoms. The number of carbonyl (C=O) groups excluding carboxylic acids is 2. The molecule has 3 N–H and O–H groups in total. The van der Waals surface area contributed by atoms with E-state index in [-0.39, 0.29) is 5.11 Å². The van der Waals surface area contributed by atoms with Crippen molar-refractivity contribution in [1.29, 1.82) is 0 Å². The predicted octanol–water partition coefficient (Wildman–Crippen LogP) is 3.49. The molecule has 4 rings (SSSR count). The lowest BCUT2D eigenvalue weighted by Crippen LogP contribution is -2.59. The number of thiocarbonyl (C=S) groups is 1. The van der Waals surface area contributed by atoms with Gasteiger partial charge in [0.25, 0.3) is 11.8 Å². The van der Waals surface area contributed by atoms with Gasteiger partial charge in [0, 0.05) is 5.38 Å². The largest absolute Gasteiger partial charge is 0.300 e. The summed E-state index contributed by atoms with van der Waals surface area (Å²) in [7, 11) is 0. The summed E-state index contributed by atoms with van der Waals surface area (Å²) < 4.78 is 0. The zero-order valence-electron chi connectivity index (χ0n) is 16.3. The number of hydrogen-bond acceptors (Lipinski definition) is 7. The Morgan fingerprint density at radius 3 is 1.97 bits per heavy atom. The van der Waals surface area contributed by atoms with Crippen LogP contribution in [-0.4, -0.2) is 21.9 Å². The molecule has 9 heteroatoms. The van der Waals surface area contributed by atoms with Crippen LogP contribution in [0.2, 0.25) is 0 Å². The SMILES string of the molecule is Cc1cccc(N2C(=O)C(c3csc(NN)n3)C(=O)N(c3cccc(C)c3)C2=S)c1. The van der Waals surface area contributed by atoms with Crippen LogP contribution in [-0.2, 0) is 9.59 Å². The van der Waals surface area contributed by atoms with Gasteiger partial charge in [0.15, 0.2) is 16.2 Å². The fourth-order valence-corrected chi connectivity index (χ4v) is 4.44. The van der Waals surface area contributed by atoms with Gasteiger partial charge in [0.05, 0.1) is 17.1 Å². The summed E-state index contributed by atoms with van der Waals surface area (Å²) in [5, 5.41) is 2.19. The molecule has 1 fully saturated rings. The fraction of sp³-hybridized carbons (Fsp3) is 0.143. The molecule has 1 saturated heterocycles.